The predicted molar refractivity (Wildman–Crippen MR) is 68.5 cm³/mol. The van der Waals surface area contributed by atoms with Crippen LogP contribution in [0.1, 0.15) is 5.56 Å². The van der Waals surface area contributed by atoms with Crippen LogP contribution in [0.15, 0.2) is 17.0 Å². The Morgan fingerprint density at radius 1 is 1.28 bits per heavy atom. The maximum absolute atomic E-state index is 12.0. The summed E-state index contributed by atoms with van der Waals surface area (Å²) < 4.78 is 36.7. The topological polar surface area (TPSA) is 90.7 Å². The quantitative estimate of drug-likeness (QED) is 0.776. The van der Waals surface area contributed by atoms with Gasteiger partial charge < -0.3 is 15.2 Å². The van der Waals surface area contributed by atoms with E-state index in [2.05, 4.69) is 4.72 Å². The fraction of sp³-hybridized carbons (Fsp3) is 0.455. The Morgan fingerprint density at radius 2 is 1.94 bits per heavy atom. The second kappa shape index (κ2) is 6.03. The molecule has 0 amide bonds. The molecule has 0 unspecified atom stereocenters. The van der Waals surface area contributed by atoms with Crippen LogP contribution in [0.2, 0.25) is 0 Å². The van der Waals surface area contributed by atoms with Gasteiger partial charge in [0.25, 0.3) is 0 Å². The first-order valence-corrected chi connectivity index (χ1v) is 6.87. The second-order valence-corrected chi connectivity index (χ2v) is 5.35. The van der Waals surface area contributed by atoms with Gasteiger partial charge in [-0.15, -0.1) is 0 Å². The number of nitrogens with one attached hydrogen (secondary N) is 1. The molecule has 0 atom stereocenters. The minimum absolute atomic E-state index is 0.0803. The summed E-state index contributed by atoms with van der Waals surface area (Å²) in [4.78, 5) is 0.0803. The molecular formula is C11H18N2O4S. The zero-order valence-corrected chi connectivity index (χ0v) is 11.5. The van der Waals surface area contributed by atoms with Crippen LogP contribution in [0.3, 0.4) is 0 Å². The van der Waals surface area contributed by atoms with E-state index in [1.165, 1.54) is 20.3 Å². The van der Waals surface area contributed by atoms with E-state index in [0.717, 1.165) is 0 Å². The average Bonchev–Trinajstić information content (AvgIpc) is 2.36. The smallest absolute Gasteiger partial charge is 0.244 e. The van der Waals surface area contributed by atoms with Gasteiger partial charge in [0.15, 0.2) is 0 Å². The average molecular weight is 274 g/mol. The van der Waals surface area contributed by atoms with Gasteiger partial charge in [0.2, 0.25) is 10.0 Å². The lowest BCUT2D eigenvalue weighted by atomic mass is 10.2. The van der Waals surface area contributed by atoms with Crippen molar-refractivity contribution in [2.45, 2.75) is 11.8 Å². The monoisotopic (exact) mass is 274 g/mol. The van der Waals surface area contributed by atoms with Gasteiger partial charge in [0.05, 0.1) is 14.2 Å². The lowest BCUT2D eigenvalue weighted by Crippen LogP contribution is -2.29. The molecule has 0 saturated carbocycles. The fourth-order valence-electron chi connectivity index (χ4n) is 1.61. The summed E-state index contributed by atoms with van der Waals surface area (Å²) >= 11 is 0. The first kappa shape index (κ1) is 14.7. The summed E-state index contributed by atoms with van der Waals surface area (Å²) in [6.45, 7) is 2.15. The molecule has 102 valence electrons. The molecule has 1 aromatic carbocycles. The summed E-state index contributed by atoms with van der Waals surface area (Å²) in [5.74, 6) is 0.850. The zero-order chi connectivity index (χ0) is 13.8. The van der Waals surface area contributed by atoms with Crippen molar-refractivity contribution in [3.05, 3.63) is 17.7 Å². The number of benzene rings is 1. The van der Waals surface area contributed by atoms with Crippen LogP contribution in [-0.2, 0) is 10.0 Å². The Balaban J connectivity index is 3.29. The molecule has 0 saturated heterocycles. The molecule has 0 spiro atoms. The van der Waals surface area contributed by atoms with Crippen molar-refractivity contribution >= 4 is 10.0 Å². The Bertz CT molecular complexity index is 514. The third kappa shape index (κ3) is 2.92. The summed E-state index contributed by atoms with van der Waals surface area (Å²) in [6, 6.07) is 3.04. The maximum atomic E-state index is 12.0. The summed E-state index contributed by atoms with van der Waals surface area (Å²) in [6.07, 6.45) is 0. The lowest BCUT2D eigenvalue weighted by molar-refractivity contribution is 0.380. The standard InChI is InChI=1S/C11H18N2O4S/c1-8-9(16-2)4-5-10(11(8)17-3)18(14,15)13-7-6-12/h4-5,13H,6-7,12H2,1-3H3. The molecule has 6 nitrogen and oxygen atoms in total. The maximum Gasteiger partial charge on any atom is 0.244 e. The van der Waals surface area contributed by atoms with Gasteiger partial charge in [-0.2, -0.15) is 0 Å². The molecule has 0 aliphatic carbocycles. The minimum Gasteiger partial charge on any atom is -0.496 e. The highest BCUT2D eigenvalue weighted by Crippen LogP contribution is 2.33. The molecule has 0 heterocycles. The van der Waals surface area contributed by atoms with Crippen molar-refractivity contribution in [1.82, 2.24) is 4.72 Å². The molecule has 7 heteroatoms. The van der Waals surface area contributed by atoms with Crippen molar-refractivity contribution in [2.75, 3.05) is 27.3 Å². The molecular weight excluding hydrogens is 256 g/mol. The van der Waals surface area contributed by atoms with Crippen LogP contribution < -0.4 is 19.9 Å². The number of sulfonamides is 1. The van der Waals surface area contributed by atoms with Crippen LogP contribution in [0.4, 0.5) is 0 Å². The normalized spacial score (nSPS) is 11.3. The summed E-state index contributed by atoms with van der Waals surface area (Å²) in [5, 5.41) is 0. The van der Waals surface area contributed by atoms with E-state index < -0.39 is 10.0 Å². The molecule has 0 radical (unpaired) electrons. The Kier molecular flexibility index (Phi) is 4.94. The molecule has 1 aromatic rings. The van der Waals surface area contributed by atoms with E-state index in [1.54, 1.807) is 13.0 Å². The predicted octanol–water partition coefficient (Wildman–Crippen LogP) is 0.249. The van der Waals surface area contributed by atoms with Crippen LogP contribution in [0, 0.1) is 6.92 Å². The second-order valence-electron chi connectivity index (χ2n) is 3.61. The van der Waals surface area contributed by atoms with Gasteiger partial charge in [-0.1, -0.05) is 0 Å². The molecule has 0 aliphatic heterocycles. The number of hydrogen-bond donors (Lipinski definition) is 2. The largest absolute Gasteiger partial charge is 0.496 e. The van der Waals surface area contributed by atoms with E-state index in [4.69, 9.17) is 15.2 Å². The molecule has 0 fully saturated rings. The van der Waals surface area contributed by atoms with Crippen molar-refractivity contribution in [2.24, 2.45) is 5.73 Å². The van der Waals surface area contributed by atoms with E-state index >= 15 is 0 Å². The molecule has 18 heavy (non-hydrogen) atoms. The number of nitrogens with two attached hydrogens (primary N) is 1. The van der Waals surface area contributed by atoms with Crippen LogP contribution >= 0.6 is 0 Å². The van der Waals surface area contributed by atoms with Gasteiger partial charge >= 0.3 is 0 Å². The summed E-state index contributed by atoms with van der Waals surface area (Å²) in [7, 11) is -0.686. The highest BCUT2D eigenvalue weighted by Gasteiger charge is 2.22. The Hall–Kier alpha value is -1.31. The highest BCUT2D eigenvalue weighted by molar-refractivity contribution is 7.89. The van der Waals surface area contributed by atoms with E-state index in [9.17, 15) is 8.42 Å². The van der Waals surface area contributed by atoms with Gasteiger partial charge in [-0.05, 0) is 19.1 Å². The van der Waals surface area contributed by atoms with E-state index in [-0.39, 0.29) is 23.7 Å². The van der Waals surface area contributed by atoms with Crippen molar-refractivity contribution < 1.29 is 17.9 Å². The number of hydrogen-bond acceptors (Lipinski definition) is 5. The number of ether oxygens (including phenoxy) is 2. The summed E-state index contributed by atoms with van der Waals surface area (Å²) in [5.41, 5.74) is 5.92. The number of rotatable bonds is 6. The Morgan fingerprint density at radius 3 is 2.44 bits per heavy atom. The van der Waals surface area contributed by atoms with E-state index in [1.807, 2.05) is 0 Å². The van der Waals surface area contributed by atoms with Crippen molar-refractivity contribution in [1.29, 1.82) is 0 Å². The third-order valence-electron chi connectivity index (χ3n) is 2.47. The third-order valence-corrected chi connectivity index (χ3v) is 3.95. The molecule has 1 rings (SSSR count). The lowest BCUT2D eigenvalue weighted by Gasteiger charge is -2.14. The fourth-order valence-corrected chi connectivity index (χ4v) is 2.88. The van der Waals surface area contributed by atoms with Crippen molar-refractivity contribution in [3.8, 4) is 11.5 Å². The molecule has 3 N–H and O–H groups in total. The van der Waals surface area contributed by atoms with Crippen LogP contribution in [-0.4, -0.2) is 35.7 Å². The van der Waals surface area contributed by atoms with E-state index in [0.29, 0.717) is 11.3 Å². The molecule has 0 aliphatic rings. The first-order valence-electron chi connectivity index (χ1n) is 5.39. The number of methoxy groups -OCH3 is 2. The van der Waals surface area contributed by atoms with Gasteiger partial charge in [0.1, 0.15) is 16.4 Å². The minimum atomic E-state index is -3.62. The van der Waals surface area contributed by atoms with Crippen molar-refractivity contribution in [3.63, 3.8) is 0 Å². The first-order chi connectivity index (χ1) is 8.47. The van der Waals surface area contributed by atoms with Gasteiger partial charge in [0, 0.05) is 18.7 Å². The zero-order valence-electron chi connectivity index (χ0n) is 10.7. The van der Waals surface area contributed by atoms with Crippen LogP contribution in [0.25, 0.3) is 0 Å². The SMILES string of the molecule is COc1ccc(S(=O)(=O)NCCN)c(OC)c1C. The highest BCUT2D eigenvalue weighted by atomic mass is 32.2. The molecule has 0 aromatic heterocycles. The molecule has 0 bridgehead atoms. The van der Waals surface area contributed by atoms with Crippen LogP contribution in [0.5, 0.6) is 11.5 Å². The Labute approximate surface area is 107 Å². The van der Waals surface area contributed by atoms with Gasteiger partial charge in [-0.25, -0.2) is 13.1 Å². The van der Waals surface area contributed by atoms with Gasteiger partial charge in [-0.3, -0.25) is 0 Å².